The molecule has 2 unspecified atom stereocenters. The zero-order valence-corrected chi connectivity index (χ0v) is 14.0. The van der Waals surface area contributed by atoms with Gasteiger partial charge in [-0.3, -0.25) is 0 Å². The minimum atomic E-state index is -1.52. The fraction of sp³-hybridized carbons (Fsp3) is 0.333. The first-order chi connectivity index (χ1) is 11.0. The average molecular weight is 314 g/mol. The lowest BCUT2D eigenvalue weighted by Gasteiger charge is -2.19. The molecular weight excluding hydrogens is 290 g/mol. The predicted octanol–water partition coefficient (Wildman–Crippen LogP) is 6.83. The second-order valence-corrected chi connectivity index (χ2v) is 6.34. The summed E-state index contributed by atoms with van der Waals surface area (Å²) >= 11 is 0. The summed E-state index contributed by atoms with van der Waals surface area (Å²) in [6, 6.07) is 17.9. The lowest BCUT2D eigenvalue weighted by Crippen LogP contribution is -2.03. The van der Waals surface area contributed by atoms with Crippen LogP contribution in [0.4, 0.5) is 8.78 Å². The number of aryl methyl sites for hydroxylation is 1. The Morgan fingerprint density at radius 1 is 0.826 bits per heavy atom. The number of benzene rings is 2. The molecule has 0 radical (unpaired) electrons. The minimum absolute atomic E-state index is 0.0932. The van der Waals surface area contributed by atoms with E-state index in [0.29, 0.717) is 12.8 Å². The van der Waals surface area contributed by atoms with Gasteiger partial charge in [0.05, 0.1) is 0 Å². The summed E-state index contributed by atoms with van der Waals surface area (Å²) in [5.74, 6) is 0.187. The molecule has 0 amide bonds. The Balaban J connectivity index is 2.11. The van der Waals surface area contributed by atoms with Gasteiger partial charge in [0.25, 0.3) is 6.08 Å². The highest BCUT2D eigenvalue weighted by molar-refractivity contribution is 5.30. The molecule has 0 heterocycles. The van der Waals surface area contributed by atoms with E-state index in [0.717, 1.165) is 16.7 Å². The van der Waals surface area contributed by atoms with E-state index in [9.17, 15) is 8.78 Å². The maximum Gasteiger partial charge on any atom is 0.269 e. The first-order valence-corrected chi connectivity index (χ1v) is 8.12. The van der Waals surface area contributed by atoms with Crippen LogP contribution in [0.2, 0.25) is 0 Å². The number of allylic oxidation sites excluding steroid dienone is 1. The van der Waals surface area contributed by atoms with Gasteiger partial charge in [-0.15, -0.1) is 0 Å². The highest BCUT2D eigenvalue weighted by atomic mass is 19.3. The van der Waals surface area contributed by atoms with Crippen LogP contribution in [0.1, 0.15) is 55.2 Å². The summed E-state index contributed by atoms with van der Waals surface area (Å²) < 4.78 is 26.9. The maximum atomic E-state index is 13.4. The smallest absolute Gasteiger partial charge is 0.173 e. The Morgan fingerprint density at radius 2 is 1.39 bits per heavy atom. The van der Waals surface area contributed by atoms with E-state index < -0.39 is 6.08 Å². The maximum absolute atomic E-state index is 13.4. The van der Waals surface area contributed by atoms with Gasteiger partial charge in [0.1, 0.15) is 0 Å². The third-order valence-electron chi connectivity index (χ3n) is 4.46. The normalized spacial score (nSPS) is 13.4. The minimum Gasteiger partial charge on any atom is -0.173 e. The van der Waals surface area contributed by atoms with Crippen molar-refractivity contribution < 1.29 is 8.78 Å². The number of hydrogen-bond donors (Lipinski definition) is 0. The molecule has 0 N–H and O–H groups in total. The first-order valence-electron chi connectivity index (χ1n) is 8.12. The largest absolute Gasteiger partial charge is 0.269 e. The van der Waals surface area contributed by atoms with Crippen molar-refractivity contribution in [2.45, 2.75) is 45.4 Å². The van der Waals surface area contributed by atoms with Crippen molar-refractivity contribution in [3.8, 4) is 0 Å². The van der Waals surface area contributed by atoms with Crippen LogP contribution in [0.15, 0.2) is 66.3 Å². The van der Waals surface area contributed by atoms with Gasteiger partial charge in [-0.05, 0) is 53.9 Å². The van der Waals surface area contributed by atoms with Gasteiger partial charge in [0.15, 0.2) is 0 Å². The van der Waals surface area contributed by atoms with Crippen LogP contribution >= 0.6 is 0 Å². The average Bonchev–Trinajstić information content (AvgIpc) is 2.55. The molecule has 2 aromatic rings. The Bertz CT molecular complexity index is 655. The SMILES string of the molecule is Cc1ccccc1C(C)CC(CC(C)c1ccccc1)=C(F)F. The van der Waals surface area contributed by atoms with Crippen molar-refractivity contribution in [2.75, 3.05) is 0 Å². The van der Waals surface area contributed by atoms with Crippen LogP contribution in [-0.4, -0.2) is 0 Å². The van der Waals surface area contributed by atoms with E-state index in [2.05, 4.69) is 0 Å². The zero-order chi connectivity index (χ0) is 16.8. The molecule has 0 aliphatic heterocycles. The van der Waals surface area contributed by atoms with E-state index >= 15 is 0 Å². The number of hydrogen-bond acceptors (Lipinski definition) is 0. The number of halogens is 2. The molecule has 0 fully saturated rings. The molecule has 0 nitrogen and oxygen atoms in total. The van der Waals surface area contributed by atoms with E-state index in [-0.39, 0.29) is 17.4 Å². The first kappa shape index (κ1) is 17.4. The second kappa shape index (κ2) is 8.05. The molecule has 0 aliphatic rings. The lowest BCUT2D eigenvalue weighted by molar-refractivity contribution is 0.397. The summed E-state index contributed by atoms with van der Waals surface area (Å²) in [4.78, 5) is 0. The highest BCUT2D eigenvalue weighted by Crippen LogP contribution is 2.33. The summed E-state index contributed by atoms with van der Waals surface area (Å²) in [6.07, 6.45) is -0.708. The molecule has 0 bridgehead atoms. The van der Waals surface area contributed by atoms with E-state index in [1.54, 1.807) is 0 Å². The monoisotopic (exact) mass is 314 g/mol. The van der Waals surface area contributed by atoms with Crippen molar-refractivity contribution in [3.63, 3.8) is 0 Å². The van der Waals surface area contributed by atoms with Gasteiger partial charge in [-0.1, -0.05) is 68.4 Å². The quantitative estimate of drug-likeness (QED) is 0.548. The van der Waals surface area contributed by atoms with Crippen LogP contribution in [0.3, 0.4) is 0 Å². The third-order valence-corrected chi connectivity index (χ3v) is 4.46. The Labute approximate surface area is 137 Å². The van der Waals surface area contributed by atoms with Gasteiger partial charge >= 0.3 is 0 Å². The van der Waals surface area contributed by atoms with E-state index in [1.165, 1.54) is 0 Å². The Hall–Kier alpha value is -1.96. The molecule has 0 saturated heterocycles. The summed E-state index contributed by atoms with van der Waals surface area (Å²) in [7, 11) is 0. The van der Waals surface area contributed by atoms with Gasteiger partial charge < -0.3 is 0 Å². The van der Waals surface area contributed by atoms with Crippen molar-refractivity contribution in [1.82, 2.24) is 0 Å². The van der Waals surface area contributed by atoms with Crippen LogP contribution in [0.5, 0.6) is 0 Å². The predicted molar refractivity (Wildman–Crippen MR) is 92.9 cm³/mol. The molecule has 0 spiro atoms. The fourth-order valence-corrected chi connectivity index (χ4v) is 3.13. The summed E-state index contributed by atoms with van der Waals surface area (Å²) in [6.45, 7) is 6.07. The zero-order valence-electron chi connectivity index (χ0n) is 14.0. The Kier molecular flexibility index (Phi) is 6.09. The second-order valence-electron chi connectivity index (χ2n) is 6.34. The van der Waals surface area contributed by atoms with Crippen LogP contribution in [0, 0.1) is 6.92 Å². The molecule has 0 aromatic heterocycles. The molecular formula is C21H24F2. The molecule has 2 atom stereocenters. The standard InChI is InChI=1S/C21H24F2/c1-15-9-7-8-12-20(15)17(3)14-19(21(22)23)13-16(2)18-10-5-4-6-11-18/h4-12,16-17H,13-14H2,1-3H3. The lowest BCUT2D eigenvalue weighted by atomic mass is 9.86. The van der Waals surface area contributed by atoms with Crippen molar-refractivity contribution >= 4 is 0 Å². The molecule has 2 aromatic carbocycles. The van der Waals surface area contributed by atoms with Gasteiger partial charge in [-0.2, -0.15) is 8.78 Å². The summed E-state index contributed by atoms with van der Waals surface area (Å²) in [5, 5.41) is 0. The van der Waals surface area contributed by atoms with Crippen molar-refractivity contribution in [3.05, 3.63) is 82.9 Å². The topological polar surface area (TPSA) is 0 Å². The molecule has 2 heteroatoms. The van der Waals surface area contributed by atoms with Crippen molar-refractivity contribution in [2.24, 2.45) is 0 Å². The van der Waals surface area contributed by atoms with Crippen LogP contribution in [-0.2, 0) is 0 Å². The van der Waals surface area contributed by atoms with Gasteiger partial charge in [-0.25, -0.2) is 0 Å². The number of rotatable bonds is 6. The van der Waals surface area contributed by atoms with Crippen molar-refractivity contribution in [1.29, 1.82) is 0 Å². The molecule has 2 rings (SSSR count). The fourth-order valence-electron chi connectivity index (χ4n) is 3.13. The van der Waals surface area contributed by atoms with Crippen LogP contribution in [0.25, 0.3) is 0 Å². The molecule has 122 valence electrons. The molecule has 0 aliphatic carbocycles. The van der Waals surface area contributed by atoms with E-state index in [1.807, 2.05) is 75.4 Å². The molecule has 0 saturated carbocycles. The third kappa shape index (κ3) is 4.75. The molecule has 23 heavy (non-hydrogen) atoms. The van der Waals surface area contributed by atoms with Crippen LogP contribution < -0.4 is 0 Å². The van der Waals surface area contributed by atoms with E-state index in [4.69, 9.17) is 0 Å². The highest BCUT2D eigenvalue weighted by Gasteiger charge is 2.17. The summed E-state index contributed by atoms with van der Waals surface area (Å²) in [5.41, 5.74) is 3.69. The van der Waals surface area contributed by atoms with Gasteiger partial charge in [0, 0.05) is 0 Å². The van der Waals surface area contributed by atoms with Gasteiger partial charge in [0.2, 0.25) is 0 Å². The Morgan fingerprint density at radius 3 is 2.00 bits per heavy atom.